The summed E-state index contributed by atoms with van der Waals surface area (Å²) in [6.45, 7) is 0.792. The Hall–Kier alpha value is -3.04. The van der Waals surface area contributed by atoms with E-state index in [0.717, 1.165) is 16.8 Å². The fourth-order valence-corrected chi connectivity index (χ4v) is 5.07. The number of rotatable bonds is 5. The maximum Gasteiger partial charge on any atom is 0.243 e. The van der Waals surface area contributed by atoms with E-state index in [-0.39, 0.29) is 10.8 Å². The number of sulfonamides is 1. The molecule has 2 N–H and O–H groups in total. The number of methoxy groups -OCH3 is 1. The summed E-state index contributed by atoms with van der Waals surface area (Å²) in [4.78, 5) is 12.9. The van der Waals surface area contributed by atoms with Crippen LogP contribution in [0.25, 0.3) is 11.1 Å². The van der Waals surface area contributed by atoms with Crippen LogP contribution in [0.3, 0.4) is 0 Å². The standard InChI is InChI=1S/C20H21N5O3S/c1-28-16-2-4-17(5-3-16)29(26,27)25-9-7-15(12-25)20-18(11-22-13-24-20)14-6-8-23-19(21)10-14/h2-6,8,10-11,13,15H,7,9,12H2,1H3,(H2,21,23). The molecule has 9 heteroatoms. The van der Waals surface area contributed by atoms with Crippen LogP contribution in [-0.2, 0) is 10.0 Å². The summed E-state index contributed by atoms with van der Waals surface area (Å²) in [7, 11) is -2.04. The molecule has 8 nitrogen and oxygen atoms in total. The molecule has 0 saturated carbocycles. The van der Waals surface area contributed by atoms with Gasteiger partial charge in [0.2, 0.25) is 10.0 Å². The molecular weight excluding hydrogens is 390 g/mol. The van der Waals surface area contributed by atoms with Gasteiger partial charge in [-0.15, -0.1) is 0 Å². The SMILES string of the molecule is COc1ccc(S(=O)(=O)N2CCC(c3ncncc3-c3ccnc(N)c3)C2)cc1. The molecule has 29 heavy (non-hydrogen) atoms. The first-order valence-corrected chi connectivity index (χ1v) is 10.6. The van der Waals surface area contributed by atoms with Crippen LogP contribution in [0, 0.1) is 0 Å². The number of pyridine rings is 1. The maximum atomic E-state index is 13.0. The number of nitrogens with two attached hydrogens (primary N) is 1. The molecule has 1 saturated heterocycles. The monoisotopic (exact) mass is 411 g/mol. The highest BCUT2D eigenvalue weighted by atomic mass is 32.2. The molecule has 0 radical (unpaired) electrons. The van der Waals surface area contributed by atoms with E-state index in [4.69, 9.17) is 10.5 Å². The van der Waals surface area contributed by atoms with E-state index in [1.165, 1.54) is 10.6 Å². The number of hydrogen-bond donors (Lipinski definition) is 1. The predicted molar refractivity (Wildman–Crippen MR) is 109 cm³/mol. The Labute approximate surface area is 169 Å². The van der Waals surface area contributed by atoms with E-state index >= 15 is 0 Å². The number of nitrogens with zero attached hydrogens (tertiary/aromatic N) is 4. The van der Waals surface area contributed by atoms with Gasteiger partial charge >= 0.3 is 0 Å². The van der Waals surface area contributed by atoms with Gasteiger partial charge in [0.1, 0.15) is 17.9 Å². The van der Waals surface area contributed by atoms with E-state index in [2.05, 4.69) is 15.0 Å². The van der Waals surface area contributed by atoms with Gasteiger partial charge in [0.25, 0.3) is 0 Å². The van der Waals surface area contributed by atoms with Gasteiger partial charge in [0, 0.05) is 37.0 Å². The highest BCUT2D eigenvalue weighted by Crippen LogP contribution is 2.35. The molecule has 0 aliphatic carbocycles. The van der Waals surface area contributed by atoms with Gasteiger partial charge in [0.05, 0.1) is 17.7 Å². The van der Waals surface area contributed by atoms with E-state index in [9.17, 15) is 8.42 Å². The van der Waals surface area contributed by atoms with E-state index in [1.54, 1.807) is 49.8 Å². The lowest BCUT2D eigenvalue weighted by atomic mass is 9.96. The van der Waals surface area contributed by atoms with Crippen LogP contribution in [-0.4, -0.2) is 47.9 Å². The first-order chi connectivity index (χ1) is 14.0. The van der Waals surface area contributed by atoms with Crippen molar-refractivity contribution in [2.45, 2.75) is 17.2 Å². The minimum Gasteiger partial charge on any atom is -0.497 e. The molecule has 0 bridgehead atoms. The third-order valence-electron chi connectivity index (χ3n) is 5.07. The minimum atomic E-state index is -3.58. The van der Waals surface area contributed by atoms with Crippen molar-refractivity contribution in [3.8, 4) is 16.9 Å². The second-order valence-corrected chi connectivity index (χ2v) is 8.75. The number of ether oxygens (including phenoxy) is 1. The van der Waals surface area contributed by atoms with Crippen LogP contribution in [0.4, 0.5) is 5.82 Å². The van der Waals surface area contributed by atoms with Crippen molar-refractivity contribution in [1.82, 2.24) is 19.3 Å². The Morgan fingerprint density at radius 1 is 1.17 bits per heavy atom. The van der Waals surface area contributed by atoms with Crippen molar-refractivity contribution in [2.24, 2.45) is 0 Å². The smallest absolute Gasteiger partial charge is 0.243 e. The van der Waals surface area contributed by atoms with Crippen molar-refractivity contribution in [3.05, 3.63) is 60.8 Å². The number of benzene rings is 1. The van der Waals surface area contributed by atoms with Crippen molar-refractivity contribution in [1.29, 1.82) is 0 Å². The third-order valence-corrected chi connectivity index (χ3v) is 6.95. The van der Waals surface area contributed by atoms with Crippen molar-refractivity contribution >= 4 is 15.8 Å². The maximum absolute atomic E-state index is 13.0. The zero-order chi connectivity index (χ0) is 20.4. The Morgan fingerprint density at radius 3 is 2.69 bits per heavy atom. The van der Waals surface area contributed by atoms with Gasteiger partial charge in [-0.25, -0.2) is 23.4 Å². The van der Waals surface area contributed by atoms with Crippen LogP contribution in [0.5, 0.6) is 5.75 Å². The molecule has 1 fully saturated rings. The average molecular weight is 411 g/mol. The normalized spacial score (nSPS) is 17.3. The van der Waals surface area contributed by atoms with Gasteiger partial charge in [-0.05, 0) is 48.4 Å². The Kier molecular flexibility index (Phi) is 5.16. The predicted octanol–water partition coefficient (Wildman–Crippen LogP) is 2.31. The molecule has 2 aromatic heterocycles. The molecule has 1 unspecified atom stereocenters. The van der Waals surface area contributed by atoms with Crippen molar-refractivity contribution in [3.63, 3.8) is 0 Å². The molecule has 1 aliphatic rings. The lowest BCUT2D eigenvalue weighted by Crippen LogP contribution is -2.28. The fraction of sp³-hybridized carbons (Fsp3) is 0.250. The van der Waals surface area contributed by atoms with Crippen LogP contribution in [0.1, 0.15) is 18.0 Å². The summed E-state index contributed by atoms with van der Waals surface area (Å²) in [6, 6.07) is 10.0. The van der Waals surface area contributed by atoms with Gasteiger partial charge in [-0.1, -0.05) is 0 Å². The summed E-state index contributed by atoms with van der Waals surface area (Å²) < 4.78 is 32.7. The summed E-state index contributed by atoms with van der Waals surface area (Å²) in [5.41, 5.74) is 8.34. The third kappa shape index (κ3) is 3.79. The van der Waals surface area contributed by atoms with Gasteiger partial charge < -0.3 is 10.5 Å². The molecule has 3 aromatic rings. The zero-order valence-corrected chi connectivity index (χ0v) is 16.7. The Morgan fingerprint density at radius 2 is 1.97 bits per heavy atom. The Bertz CT molecular complexity index is 1120. The van der Waals surface area contributed by atoms with E-state index < -0.39 is 10.0 Å². The fourth-order valence-electron chi connectivity index (χ4n) is 3.57. The molecule has 4 rings (SSSR count). The number of aromatic nitrogens is 3. The average Bonchev–Trinajstić information content (AvgIpc) is 3.25. The van der Waals surface area contributed by atoms with Crippen molar-refractivity contribution in [2.75, 3.05) is 25.9 Å². The molecule has 0 spiro atoms. The van der Waals surface area contributed by atoms with E-state index in [1.807, 2.05) is 6.07 Å². The van der Waals surface area contributed by atoms with Gasteiger partial charge in [-0.2, -0.15) is 4.31 Å². The molecule has 150 valence electrons. The summed E-state index contributed by atoms with van der Waals surface area (Å²) in [5.74, 6) is 0.994. The Balaban J connectivity index is 1.60. The lowest BCUT2D eigenvalue weighted by molar-refractivity contribution is 0.414. The van der Waals surface area contributed by atoms with Crippen LogP contribution in [0.15, 0.2) is 60.0 Å². The highest BCUT2D eigenvalue weighted by Gasteiger charge is 2.35. The molecule has 1 aromatic carbocycles. The van der Waals surface area contributed by atoms with Crippen molar-refractivity contribution < 1.29 is 13.2 Å². The topological polar surface area (TPSA) is 111 Å². The first-order valence-electron chi connectivity index (χ1n) is 9.15. The quantitative estimate of drug-likeness (QED) is 0.686. The minimum absolute atomic E-state index is 0.0320. The van der Waals surface area contributed by atoms with Gasteiger partial charge in [-0.3, -0.25) is 0 Å². The summed E-state index contributed by atoms with van der Waals surface area (Å²) in [5, 5.41) is 0. The molecule has 3 heterocycles. The molecule has 1 aliphatic heterocycles. The lowest BCUT2D eigenvalue weighted by Gasteiger charge is -2.18. The van der Waals surface area contributed by atoms with Gasteiger partial charge in [0.15, 0.2) is 0 Å². The zero-order valence-electron chi connectivity index (χ0n) is 15.9. The highest BCUT2D eigenvalue weighted by molar-refractivity contribution is 7.89. The summed E-state index contributed by atoms with van der Waals surface area (Å²) in [6.07, 6.45) is 5.54. The molecule has 1 atom stereocenters. The second-order valence-electron chi connectivity index (χ2n) is 6.82. The van der Waals surface area contributed by atoms with Crippen LogP contribution < -0.4 is 10.5 Å². The molecule has 0 amide bonds. The number of hydrogen-bond acceptors (Lipinski definition) is 7. The number of anilines is 1. The first kappa shape index (κ1) is 19.3. The van der Waals surface area contributed by atoms with Crippen LogP contribution in [0.2, 0.25) is 0 Å². The largest absolute Gasteiger partial charge is 0.497 e. The molecular formula is C20H21N5O3S. The number of nitrogen functional groups attached to an aromatic ring is 1. The second kappa shape index (κ2) is 7.76. The van der Waals surface area contributed by atoms with Crippen LogP contribution >= 0.6 is 0 Å². The van der Waals surface area contributed by atoms with E-state index in [0.29, 0.717) is 31.1 Å². The summed E-state index contributed by atoms with van der Waals surface area (Å²) >= 11 is 0.